The summed E-state index contributed by atoms with van der Waals surface area (Å²) in [5.41, 5.74) is 1.09. The number of carbonyl (C=O) groups is 2. The summed E-state index contributed by atoms with van der Waals surface area (Å²) in [5, 5.41) is 0. The number of benzene rings is 1. The normalized spacial score (nSPS) is 12.7. The summed E-state index contributed by atoms with van der Waals surface area (Å²) in [6.07, 6.45) is 0. The van der Waals surface area contributed by atoms with E-state index >= 15 is 0 Å². The van der Waals surface area contributed by atoms with Gasteiger partial charge in [0.25, 0.3) is 0 Å². The lowest BCUT2D eigenvalue weighted by Crippen LogP contribution is -2.34. The van der Waals surface area contributed by atoms with Crippen molar-refractivity contribution in [3.8, 4) is 0 Å². The quantitative estimate of drug-likeness (QED) is 0.756. The van der Waals surface area contributed by atoms with Gasteiger partial charge in [0.2, 0.25) is 0 Å². The van der Waals surface area contributed by atoms with Gasteiger partial charge in [-0.15, -0.1) is 0 Å². The Morgan fingerprint density at radius 1 is 0.750 bits per heavy atom. The Balaban J connectivity index is 3.68. The molecule has 0 aromatic heterocycles. The van der Waals surface area contributed by atoms with E-state index in [1.54, 1.807) is 0 Å². The molecule has 0 bridgehead atoms. The van der Waals surface area contributed by atoms with E-state index in [1.807, 2.05) is 45.9 Å². The lowest BCUT2D eigenvalue weighted by Gasteiger charge is -2.37. The third-order valence-corrected chi connectivity index (χ3v) is 3.91. The van der Waals surface area contributed by atoms with Gasteiger partial charge in [-0.25, -0.2) is 0 Å². The molecule has 0 spiro atoms. The van der Waals surface area contributed by atoms with E-state index in [1.165, 1.54) is 13.8 Å². The SMILES string of the molecule is CC(=O)OC(C)(C)c1cccc(C(C)(C)OC(C)=O)c1C(C)(C)C. The van der Waals surface area contributed by atoms with Gasteiger partial charge in [0.1, 0.15) is 11.2 Å². The lowest BCUT2D eigenvalue weighted by atomic mass is 9.73. The summed E-state index contributed by atoms with van der Waals surface area (Å²) in [5.74, 6) is -0.658. The molecule has 0 unspecified atom stereocenters. The van der Waals surface area contributed by atoms with Crippen LogP contribution in [0.15, 0.2) is 18.2 Å². The number of rotatable bonds is 4. The van der Waals surface area contributed by atoms with Crippen LogP contribution in [0.2, 0.25) is 0 Å². The topological polar surface area (TPSA) is 52.6 Å². The molecule has 1 aromatic carbocycles. The predicted octanol–water partition coefficient (Wildman–Crippen LogP) is 4.58. The highest BCUT2D eigenvalue weighted by Gasteiger charge is 2.37. The second-order valence-electron chi connectivity index (χ2n) is 8.19. The van der Waals surface area contributed by atoms with Crippen LogP contribution in [0.3, 0.4) is 0 Å². The van der Waals surface area contributed by atoms with Crippen molar-refractivity contribution in [3.63, 3.8) is 0 Å². The standard InChI is InChI=1S/C20H30O4/c1-13(21)23-19(6,7)15-11-10-12-16(17(15)18(3,4)5)20(8,9)24-14(2)22/h10-12H,1-9H3. The first-order valence-corrected chi connectivity index (χ1v) is 8.22. The van der Waals surface area contributed by atoms with Crippen molar-refractivity contribution >= 4 is 11.9 Å². The monoisotopic (exact) mass is 334 g/mol. The van der Waals surface area contributed by atoms with Crippen LogP contribution in [-0.2, 0) is 35.7 Å². The molecule has 134 valence electrons. The Kier molecular flexibility index (Phi) is 5.54. The predicted molar refractivity (Wildman–Crippen MR) is 94.7 cm³/mol. The number of ether oxygens (including phenoxy) is 2. The van der Waals surface area contributed by atoms with Gasteiger partial charge in [-0.05, 0) is 49.8 Å². The molecular formula is C20H30O4. The average Bonchev–Trinajstić information content (AvgIpc) is 2.33. The van der Waals surface area contributed by atoms with Gasteiger partial charge < -0.3 is 9.47 Å². The first-order chi connectivity index (χ1) is 10.7. The molecule has 0 aliphatic carbocycles. The van der Waals surface area contributed by atoms with Gasteiger partial charge >= 0.3 is 11.9 Å². The highest BCUT2D eigenvalue weighted by atomic mass is 16.6. The molecule has 1 aromatic rings. The fourth-order valence-corrected chi connectivity index (χ4v) is 3.19. The zero-order valence-corrected chi connectivity index (χ0v) is 16.4. The Hall–Kier alpha value is -1.84. The molecular weight excluding hydrogens is 304 g/mol. The fraction of sp³-hybridized carbons (Fsp3) is 0.600. The van der Waals surface area contributed by atoms with E-state index in [2.05, 4.69) is 20.8 Å². The van der Waals surface area contributed by atoms with E-state index in [0.717, 1.165) is 16.7 Å². The highest BCUT2D eigenvalue weighted by Crippen LogP contribution is 2.41. The van der Waals surface area contributed by atoms with Crippen LogP contribution in [0.4, 0.5) is 0 Å². The number of esters is 2. The van der Waals surface area contributed by atoms with Crippen LogP contribution in [-0.4, -0.2) is 11.9 Å². The van der Waals surface area contributed by atoms with Crippen molar-refractivity contribution in [3.05, 3.63) is 34.9 Å². The second kappa shape index (κ2) is 6.58. The Labute approximate surface area is 145 Å². The van der Waals surface area contributed by atoms with Gasteiger partial charge in [0.15, 0.2) is 0 Å². The van der Waals surface area contributed by atoms with E-state index in [4.69, 9.17) is 9.47 Å². The van der Waals surface area contributed by atoms with Gasteiger partial charge in [0, 0.05) is 13.8 Å². The first kappa shape index (κ1) is 20.2. The summed E-state index contributed by atoms with van der Waals surface area (Å²) in [7, 11) is 0. The second-order valence-corrected chi connectivity index (χ2v) is 8.19. The van der Waals surface area contributed by atoms with Crippen molar-refractivity contribution < 1.29 is 19.1 Å². The summed E-state index contributed by atoms with van der Waals surface area (Å²) in [6.45, 7) is 16.6. The Bertz CT molecular complexity index is 587. The molecule has 0 amide bonds. The molecule has 1 rings (SSSR count). The maximum absolute atomic E-state index is 11.5. The molecule has 0 fully saturated rings. The molecule has 24 heavy (non-hydrogen) atoms. The smallest absolute Gasteiger partial charge is 0.303 e. The van der Waals surface area contributed by atoms with Gasteiger partial charge in [-0.2, -0.15) is 0 Å². The molecule has 0 heterocycles. The van der Waals surface area contributed by atoms with Gasteiger partial charge in [-0.1, -0.05) is 39.0 Å². The average molecular weight is 334 g/mol. The van der Waals surface area contributed by atoms with Crippen molar-refractivity contribution in [2.24, 2.45) is 0 Å². The van der Waals surface area contributed by atoms with Crippen LogP contribution in [0, 0.1) is 0 Å². The van der Waals surface area contributed by atoms with E-state index < -0.39 is 11.2 Å². The van der Waals surface area contributed by atoms with Gasteiger partial charge in [-0.3, -0.25) is 9.59 Å². The van der Waals surface area contributed by atoms with E-state index in [9.17, 15) is 9.59 Å². The molecule has 0 N–H and O–H groups in total. The Morgan fingerprint density at radius 3 is 1.33 bits per heavy atom. The van der Waals surface area contributed by atoms with Crippen LogP contribution in [0.25, 0.3) is 0 Å². The molecule has 4 nitrogen and oxygen atoms in total. The molecule has 0 aliphatic heterocycles. The summed E-state index contributed by atoms with van der Waals surface area (Å²) < 4.78 is 11.1. The minimum absolute atomic E-state index is 0.221. The van der Waals surface area contributed by atoms with Crippen LogP contribution in [0.1, 0.15) is 79.0 Å². The summed E-state index contributed by atoms with van der Waals surface area (Å²) >= 11 is 0. The molecule has 0 radical (unpaired) electrons. The molecule has 0 aliphatic rings. The fourth-order valence-electron chi connectivity index (χ4n) is 3.19. The largest absolute Gasteiger partial charge is 0.455 e. The maximum atomic E-state index is 11.5. The zero-order valence-electron chi connectivity index (χ0n) is 16.4. The molecule has 0 saturated carbocycles. The molecule has 0 saturated heterocycles. The van der Waals surface area contributed by atoms with E-state index in [0.29, 0.717) is 0 Å². The van der Waals surface area contributed by atoms with Crippen molar-refractivity contribution in [2.75, 3.05) is 0 Å². The number of carbonyl (C=O) groups excluding carboxylic acids is 2. The number of hydrogen-bond donors (Lipinski definition) is 0. The van der Waals surface area contributed by atoms with Crippen molar-refractivity contribution in [1.29, 1.82) is 0 Å². The number of hydrogen-bond acceptors (Lipinski definition) is 4. The third-order valence-electron chi connectivity index (χ3n) is 3.91. The summed E-state index contributed by atoms with van der Waals surface area (Å²) in [6, 6.07) is 5.85. The van der Waals surface area contributed by atoms with Crippen LogP contribution in [0.5, 0.6) is 0 Å². The van der Waals surface area contributed by atoms with Crippen molar-refractivity contribution in [2.45, 2.75) is 78.9 Å². The zero-order chi connectivity index (χ0) is 18.9. The van der Waals surface area contributed by atoms with Crippen molar-refractivity contribution in [1.82, 2.24) is 0 Å². The highest BCUT2D eigenvalue weighted by molar-refractivity contribution is 5.68. The maximum Gasteiger partial charge on any atom is 0.303 e. The molecule has 4 heteroatoms. The lowest BCUT2D eigenvalue weighted by molar-refractivity contribution is -0.155. The van der Waals surface area contributed by atoms with Crippen LogP contribution < -0.4 is 0 Å². The third kappa shape index (κ3) is 4.59. The minimum atomic E-state index is -0.781. The first-order valence-electron chi connectivity index (χ1n) is 8.22. The molecule has 0 atom stereocenters. The Morgan fingerprint density at radius 2 is 1.08 bits per heavy atom. The van der Waals surface area contributed by atoms with E-state index in [-0.39, 0.29) is 17.4 Å². The van der Waals surface area contributed by atoms with Gasteiger partial charge in [0.05, 0.1) is 0 Å². The van der Waals surface area contributed by atoms with Crippen LogP contribution >= 0.6 is 0 Å². The minimum Gasteiger partial charge on any atom is -0.455 e. The summed E-state index contributed by atoms with van der Waals surface area (Å²) in [4.78, 5) is 23.1.